The molecule has 8 heteroatoms. The third-order valence-electron chi connectivity index (χ3n) is 6.60. The normalized spacial score (nSPS) is 32.6. The molecule has 0 radical (unpaired) electrons. The van der Waals surface area contributed by atoms with E-state index in [9.17, 15) is 9.59 Å². The van der Waals surface area contributed by atoms with E-state index in [1.807, 2.05) is 24.3 Å². The summed E-state index contributed by atoms with van der Waals surface area (Å²) >= 11 is 5.99. The Morgan fingerprint density at radius 2 is 2.00 bits per heavy atom. The Kier molecular flexibility index (Phi) is 5.31. The molecule has 160 valence electrons. The number of carbonyl (C=O) groups excluding carboxylic acids is 2. The van der Waals surface area contributed by atoms with Gasteiger partial charge in [-0.15, -0.1) is 0 Å². The highest BCUT2D eigenvalue weighted by Crippen LogP contribution is 2.52. The van der Waals surface area contributed by atoms with Crippen molar-refractivity contribution in [2.45, 2.75) is 18.1 Å². The predicted octanol–water partition coefficient (Wildman–Crippen LogP) is 1.46. The lowest BCUT2D eigenvalue weighted by Crippen LogP contribution is -2.45. The molecule has 4 aliphatic rings. The highest BCUT2D eigenvalue weighted by atomic mass is 35.5. The maximum absolute atomic E-state index is 13.3. The van der Waals surface area contributed by atoms with Crippen molar-refractivity contribution >= 4 is 29.1 Å². The first-order valence-corrected chi connectivity index (χ1v) is 11.0. The second-order valence-electron chi connectivity index (χ2n) is 8.40. The van der Waals surface area contributed by atoms with Crippen LogP contribution < -0.4 is 10.2 Å². The lowest BCUT2D eigenvalue weighted by Gasteiger charge is -2.27. The van der Waals surface area contributed by atoms with Crippen LogP contribution in [-0.4, -0.2) is 74.4 Å². The van der Waals surface area contributed by atoms with E-state index in [1.165, 1.54) is 0 Å². The number of benzene rings is 1. The lowest BCUT2D eigenvalue weighted by molar-refractivity contribution is -0.131. The number of rotatable bonds is 6. The SMILES string of the molecule is O=C(NCCCN1CCOCC1)C1C2C=C[C@@]3(CN(c4ccc(Cl)cc4)C(=O)C13)O2. The number of ether oxygens (including phenoxy) is 2. The average Bonchev–Trinajstić information content (AvgIpc) is 3.41. The van der Waals surface area contributed by atoms with Crippen LogP contribution in [0.2, 0.25) is 5.02 Å². The molecule has 2 bridgehead atoms. The fraction of sp³-hybridized carbons (Fsp3) is 0.545. The van der Waals surface area contributed by atoms with Crippen molar-refractivity contribution in [2.24, 2.45) is 11.8 Å². The van der Waals surface area contributed by atoms with Gasteiger partial charge in [-0.1, -0.05) is 23.8 Å². The van der Waals surface area contributed by atoms with Crippen molar-refractivity contribution in [3.8, 4) is 0 Å². The van der Waals surface area contributed by atoms with Gasteiger partial charge in [0.05, 0.1) is 37.7 Å². The van der Waals surface area contributed by atoms with Gasteiger partial charge in [0.25, 0.3) is 0 Å². The Balaban J connectivity index is 1.23. The van der Waals surface area contributed by atoms with Gasteiger partial charge in [0, 0.05) is 30.3 Å². The van der Waals surface area contributed by atoms with E-state index in [0.717, 1.165) is 45.0 Å². The minimum atomic E-state index is -0.711. The van der Waals surface area contributed by atoms with E-state index in [0.29, 0.717) is 18.1 Å². The summed E-state index contributed by atoms with van der Waals surface area (Å²) in [6, 6.07) is 7.19. The minimum absolute atomic E-state index is 0.0577. The molecule has 4 aliphatic heterocycles. The quantitative estimate of drug-likeness (QED) is 0.545. The molecule has 3 unspecified atom stereocenters. The Hall–Kier alpha value is -1.93. The van der Waals surface area contributed by atoms with Crippen molar-refractivity contribution in [3.63, 3.8) is 0 Å². The zero-order valence-corrected chi connectivity index (χ0v) is 17.5. The molecule has 4 heterocycles. The summed E-state index contributed by atoms with van der Waals surface area (Å²) in [5.41, 5.74) is 0.0651. The fourth-order valence-corrected chi connectivity index (χ4v) is 5.22. The molecule has 7 nitrogen and oxygen atoms in total. The maximum Gasteiger partial charge on any atom is 0.234 e. The van der Waals surface area contributed by atoms with E-state index in [2.05, 4.69) is 10.2 Å². The molecule has 0 aromatic heterocycles. The number of morpholine rings is 1. The van der Waals surface area contributed by atoms with Crippen LogP contribution in [0, 0.1) is 11.8 Å². The third kappa shape index (κ3) is 3.43. The Labute approximate surface area is 180 Å². The Morgan fingerprint density at radius 3 is 2.77 bits per heavy atom. The summed E-state index contributed by atoms with van der Waals surface area (Å²) in [6.45, 7) is 5.38. The molecule has 3 saturated heterocycles. The molecule has 4 atom stereocenters. The van der Waals surface area contributed by atoms with E-state index >= 15 is 0 Å². The first-order chi connectivity index (χ1) is 14.6. The van der Waals surface area contributed by atoms with Crippen molar-refractivity contribution in [3.05, 3.63) is 41.4 Å². The zero-order valence-electron chi connectivity index (χ0n) is 16.8. The molecule has 0 aliphatic carbocycles. The summed E-state index contributed by atoms with van der Waals surface area (Å²) in [6.07, 6.45) is 4.46. The Bertz CT molecular complexity index is 854. The molecule has 1 aromatic carbocycles. The molecule has 1 aromatic rings. The molecule has 30 heavy (non-hydrogen) atoms. The van der Waals surface area contributed by atoms with Gasteiger partial charge in [-0.25, -0.2) is 0 Å². The van der Waals surface area contributed by atoms with E-state index in [4.69, 9.17) is 21.1 Å². The molecule has 1 N–H and O–H groups in total. The molecular formula is C22H26ClN3O4. The van der Waals surface area contributed by atoms with Gasteiger partial charge in [0.15, 0.2) is 0 Å². The smallest absolute Gasteiger partial charge is 0.234 e. The second kappa shape index (κ2) is 7.96. The second-order valence-corrected chi connectivity index (χ2v) is 8.84. The van der Waals surface area contributed by atoms with Gasteiger partial charge in [-0.3, -0.25) is 14.5 Å². The summed E-state index contributed by atoms with van der Waals surface area (Å²) in [7, 11) is 0. The summed E-state index contributed by atoms with van der Waals surface area (Å²) in [5.74, 6) is -1.12. The number of hydrogen-bond acceptors (Lipinski definition) is 5. The first kappa shape index (κ1) is 20.0. The highest BCUT2D eigenvalue weighted by Gasteiger charge is 2.67. The van der Waals surface area contributed by atoms with Gasteiger partial charge in [0.2, 0.25) is 11.8 Å². The van der Waals surface area contributed by atoms with Crippen LogP contribution in [0.4, 0.5) is 5.69 Å². The van der Waals surface area contributed by atoms with Crippen LogP contribution in [-0.2, 0) is 19.1 Å². The van der Waals surface area contributed by atoms with Crippen LogP contribution in [0.5, 0.6) is 0 Å². The topological polar surface area (TPSA) is 71.1 Å². The summed E-state index contributed by atoms with van der Waals surface area (Å²) in [5, 5.41) is 3.66. The number of fused-ring (bicyclic) bond motifs is 1. The predicted molar refractivity (Wildman–Crippen MR) is 112 cm³/mol. The van der Waals surface area contributed by atoms with Crippen molar-refractivity contribution in [1.82, 2.24) is 10.2 Å². The number of amides is 2. The van der Waals surface area contributed by atoms with Crippen LogP contribution in [0.1, 0.15) is 6.42 Å². The van der Waals surface area contributed by atoms with Gasteiger partial charge in [0.1, 0.15) is 5.60 Å². The molecule has 2 amide bonds. The van der Waals surface area contributed by atoms with Crippen molar-refractivity contribution in [1.29, 1.82) is 0 Å². The van der Waals surface area contributed by atoms with Gasteiger partial charge >= 0.3 is 0 Å². The monoisotopic (exact) mass is 431 g/mol. The van der Waals surface area contributed by atoms with Crippen molar-refractivity contribution < 1.29 is 19.1 Å². The van der Waals surface area contributed by atoms with Gasteiger partial charge in [-0.2, -0.15) is 0 Å². The van der Waals surface area contributed by atoms with Crippen LogP contribution >= 0.6 is 11.6 Å². The molecule has 5 rings (SSSR count). The molecular weight excluding hydrogens is 406 g/mol. The van der Waals surface area contributed by atoms with E-state index in [-0.39, 0.29) is 17.9 Å². The van der Waals surface area contributed by atoms with Crippen LogP contribution in [0.25, 0.3) is 0 Å². The fourth-order valence-electron chi connectivity index (χ4n) is 5.09. The Morgan fingerprint density at radius 1 is 1.23 bits per heavy atom. The number of carbonyl (C=O) groups is 2. The first-order valence-electron chi connectivity index (χ1n) is 10.6. The lowest BCUT2D eigenvalue weighted by atomic mass is 9.77. The highest BCUT2D eigenvalue weighted by molar-refractivity contribution is 6.30. The summed E-state index contributed by atoms with van der Waals surface area (Å²) < 4.78 is 11.5. The van der Waals surface area contributed by atoms with Gasteiger partial charge in [-0.05, 0) is 37.2 Å². The average molecular weight is 432 g/mol. The zero-order chi connectivity index (χ0) is 20.7. The van der Waals surface area contributed by atoms with Gasteiger partial charge < -0.3 is 19.7 Å². The third-order valence-corrected chi connectivity index (χ3v) is 6.85. The number of nitrogens with zero attached hydrogens (tertiary/aromatic N) is 2. The van der Waals surface area contributed by atoms with Crippen molar-refractivity contribution in [2.75, 3.05) is 50.8 Å². The number of halogens is 1. The van der Waals surface area contributed by atoms with Crippen LogP contribution in [0.15, 0.2) is 36.4 Å². The maximum atomic E-state index is 13.3. The van der Waals surface area contributed by atoms with E-state index < -0.39 is 17.4 Å². The number of hydrogen-bond donors (Lipinski definition) is 1. The van der Waals surface area contributed by atoms with Crippen LogP contribution in [0.3, 0.4) is 0 Å². The standard InChI is InChI=1S/C22H26ClN3O4/c23-15-2-4-16(5-3-15)26-14-22-7-6-17(30-22)18(19(22)21(26)28)20(27)24-8-1-9-25-10-12-29-13-11-25/h2-7,17-19H,1,8-14H2,(H,24,27)/t17?,18?,19?,22-/m0/s1. The summed E-state index contributed by atoms with van der Waals surface area (Å²) in [4.78, 5) is 30.4. The molecule has 0 saturated carbocycles. The minimum Gasteiger partial charge on any atom is -0.379 e. The molecule has 1 spiro atoms. The van der Waals surface area contributed by atoms with E-state index in [1.54, 1.807) is 17.0 Å². The molecule has 3 fully saturated rings. The number of anilines is 1. The number of nitrogens with one attached hydrogen (secondary N) is 1. The largest absolute Gasteiger partial charge is 0.379 e.